The Morgan fingerprint density at radius 3 is 2.53 bits per heavy atom. The van der Waals surface area contributed by atoms with E-state index in [0.29, 0.717) is 0 Å². The van der Waals surface area contributed by atoms with Crippen LogP contribution in [0.3, 0.4) is 0 Å². The summed E-state index contributed by atoms with van der Waals surface area (Å²) in [5, 5.41) is 0. The van der Waals surface area contributed by atoms with Gasteiger partial charge >= 0.3 is 0 Å². The molecular formula is C9H11N2O4. The van der Waals surface area contributed by atoms with Gasteiger partial charge in [0.25, 0.3) is 0 Å². The third-order valence-electron chi connectivity index (χ3n) is 1.81. The van der Waals surface area contributed by atoms with Crippen LogP contribution in [0.15, 0.2) is 12.7 Å². The lowest BCUT2D eigenvalue weighted by Crippen LogP contribution is -2.35. The van der Waals surface area contributed by atoms with Crippen LogP contribution in [0.2, 0.25) is 0 Å². The van der Waals surface area contributed by atoms with Gasteiger partial charge in [-0.05, 0) is 0 Å². The molecule has 1 aliphatic rings. The van der Waals surface area contributed by atoms with E-state index in [4.69, 9.17) is 10.6 Å². The molecule has 1 atom stereocenters. The average Bonchev–Trinajstić information content (AvgIpc) is 2.73. The predicted molar refractivity (Wildman–Crippen MR) is 50.1 cm³/mol. The summed E-state index contributed by atoms with van der Waals surface area (Å²) in [6.07, 6.45) is 1.33. The zero-order valence-electron chi connectivity index (χ0n) is 7.99. The summed E-state index contributed by atoms with van der Waals surface area (Å²) in [6, 6.07) is -0.748. The molecule has 0 saturated heterocycles. The highest BCUT2D eigenvalue weighted by Crippen LogP contribution is 2.27. The van der Waals surface area contributed by atoms with Gasteiger partial charge in [-0.1, -0.05) is 6.08 Å². The Kier molecular flexibility index (Phi) is 3.70. The minimum atomic E-state index is -0.748. The van der Waals surface area contributed by atoms with Crippen molar-refractivity contribution in [3.05, 3.63) is 18.6 Å². The van der Waals surface area contributed by atoms with E-state index in [9.17, 15) is 14.4 Å². The molecule has 0 aromatic carbocycles. The normalized spacial score (nSPS) is 17.6. The summed E-state index contributed by atoms with van der Waals surface area (Å²) in [5.41, 5.74) is 7.39. The van der Waals surface area contributed by atoms with Crippen molar-refractivity contribution in [2.75, 3.05) is 6.61 Å². The van der Waals surface area contributed by atoms with Crippen molar-refractivity contribution >= 4 is 17.5 Å². The van der Waals surface area contributed by atoms with Crippen LogP contribution in [0.1, 0.15) is 6.42 Å². The lowest BCUT2D eigenvalue weighted by atomic mass is 10.1. The number of hydroxylamine groups is 1. The zero-order chi connectivity index (χ0) is 11.4. The predicted octanol–water partition coefficient (Wildman–Crippen LogP) is -1.34. The maximum atomic E-state index is 10.8. The summed E-state index contributed by atoms with van der Waals surface area (Å²) < 4.78 is 0. The van der Waals surface area contributed by atoms with Crippen LogP contribution in [0.4, 0.5) is 0 Å². The molecule has 1 unspecified atom stereocenters. The number of Topliss-reactive ketones (excluding diaryl/α,β-unsaturated/α-hetero) is 2. The maximum Gasteiger partial charge on any atom is 0.219 e. The molecule has 6 nitrogen and oxygen atoms in total. The van der Waals surface area contributed by atoms with Gasteiger partial charge in [-0.3, -0.25) is 19.2 Å². The van der Waals surface area contributed by atoms with E-state index >= 15 is 0 Å². The Morgan fingerprint density at radius 1 is 1.53 bits per heavy atom. The van der Waals surface area contributed by atoms with Crippen molar-refractivity contribution in [1.29, 1.82) is 0 Å². The SMILES string of the molecule is C=CCONC(CC(N)=O)[C]1C(=O)C1=O. The number of rotatable bonds is 7. The fraction of sp³-hybridized carbons (Fsp3) is 0.333. The van der Waals surface area contributed by atoms with Gasteiger partial charge in [0.1, 0.15) is 5.92 Å². The van der Waals surface area contributed by atoms with Crippen LogP contribution < -0.4 is 11.2 Å². The first-order valence-electron chi connectivity index (χ1n) is 4.30. The smallest absolute Gasteiger partial charge is 0.219 e. The molecule has 0 heterocycles. The molecule has 1 aliphatic carbocycles. The van der Waals surface area contributed by atoms with Crippen LogP contribution in [0.25, 0.3) is 0 Å². The van der Waals surface area contributed by atoms with Crippen LogP contribution in [0.5, 0.6) is 0 Å². The maximum absolute atomic E-state index is 10.8. The van der Waals surface area contributed by atoms with E-state index in [1.54, 1.807) is 0 Å². The highest BCUT2D eigenvalue weighted by molar-refractivity contribution is 6.71. The topological polar surface area (TPSA) is 98.5 Å². The van der Waals surface area contributed by atoms with Crippen molar-refractivity contribution in [3.63, 3.8) is 0 Å². The Bertz CT molecular complexity index is 299. The van der Waals surface area contributed by atoms with E-state index in [-0.39, 0.29) is 18.9 Å². The van der Waals surface area contributed by atoms with Gasteiger partial charge in [0, 0.05) is 6.42 Å². The summed E-state index contributed by atoms with van der Waals surface area (Å²) in [7, 11) is 0. The second-order valence-electron chi connectivity index (χ2n) is 3.01. The third-order valence-corrected chi connectivity index (χ3v) is 1.81. The van der Waals surface area contributed by atoms with Gasteiger partial charge in [0.05, 0.1) is 12.6 Å². The van der Waals surface area contributed by atoms with E-state index < -0.39 is 23.5 Å². The number of nitrogens with one attached hydrogen (secondary N) is 1. The minimum Gasteiger partial charge on any atom is -0.370 e. The summed E-state index contributed by atoms with van der Waals surface area (Å²) in [5.74, 6) is -1.72. The van der Waals surface area contributed by atoms with E-state index in [1.165, 1.54) is 6.08 Å². The molecule has 0 spiro atoms. The molecule has 0 aromatic heterocycles. The second-order valence-corrected chi connectivity index (χ2v) is 3.01. The molecule has 3 N–H and O–H groups in total. The molecule has 1 saturated carbocycles. The Morgan fingerprint density at radius 2 is 2.13 bits per heavy atom. The number of carbonyl (C=O) groups is 3. The van der Waals surface area contributed by atoms with Gasteiger partial charge in [-0.25, -0.2) is 0 Å². The van der Waals surface area contributed by atoms with Crippen LogP contribution in [0, 0.1) is 5.92 Å². The van der Waals surface area contributed by atoms with Crippen LogP contribution >= 0.6 is 0 Å². The van der Waals surface area contributed by atoms with Crippen molar-refractivity contribution < 1.29 is 19.2 Å². The third kappa shape index (κ3) is 2.97. The summed E-state index contributed by atoms with van der Waals surface area (Å²) in [6.45, 7) is 3.61. The first kappa shape index (κ1) is 11.5. The molecule has 0 aromatic rings. The number of hydrogen-bond acceptors (Lipinski definition) is 5. The number of nitrogens with two attached hydrogens (primary N) is 1. The highest BCUT2D eigenvalue weighted by Gasteiger charge is 2.54. The van der Waals surface area contributed by atoms with Gasteiger partial charge in [0.15, 0.2) is 0 Å². The fourth-order valence-electron chi connectivity index (χ4n) is 1.09. The lowest BCUT2D eigenvalue weighted by Gasteiger charge is -2.12. The fourth-order valence-corrected chi connectivity index (χ4v) is 1.09. The molecular weight excluding hydrogens is 200 g/mol. The Balaban J connectivity index is 2.46. The van der Waals surface area contributed by atoms with Crippen molar-refractivity contribution in [2.24, 2.45) is 5.73 Å². The van der Waals surface area contributed by atoms with Gasteiger partial charge in [-0.15, -0.1) is 6.58 Å². The van der Waals surface area contributed by atoms with Crippen molar-refractivity contribution in [3.8, 4) is 0 Å². The molecule has 0 aliphatic heterocycles. The number of amides is 1. The number of primary amides is 1. The van der Waals surface area contributed by atoms with Crippen molar-refractivity contribution in [2.45, 2.75) is 12.5 Å². The van der Waals surface area contributed by atoms with Gasteiger partial charge in [-0.2, -0.15) is 5.48 Å². The monoisotopic (exact) mass is 211 g/mol. The van der Waals surface area contributed by atoms with E-state index in [0.717, 1.165) is 0 Å². The highest BCUT2D eigenvalue weighted by atomic mass is 16.6. The quantitative estimate of drug-likeness (QED) is 0.235. The minimum absolute atomic E-state index is 0.0397. The molecule has 1 rings (SSSR count). The largest absolute Gasteiger partial charge is 0.370 e. The lowest BCUT2D eigenvalue weighted by molar-refractivity contribution is -0.122. The Hall–Kier alpha value is -1.53. The molecule has 81 valence electrons. The number of hydrogen-bond donors (Lipinski definition) is 2. The second kappa shape index (κ2) is 4.81. The van der Waals surface area contributed by atoms with E-state index in [2.05, 4.69) is 12.1 Å². The first-order chi connectivity index (χ1) is 7.07. The number of carbonyl (C=O) groups excluding carboxylic acids is 3. The van der Waals surface area contributed by atoms with Crippen LogP contribution in [-0.2, 0) is 19.2 Å². The molecule has 0 bridgehead atoms. The number of ketones is 2. The van der Waals surface area contributed by atoms with E-state index in [1.807, 2.05) is 0 Å². The summed E-state index contributed by atoms with van der Waals surface area (Å²) >= 11 is 0. The average molecular weight is 211 g/mol. The molecule has 1 amide bonds. The first-order valence-corrected chi connectivity index (χ1v) is 4.30. The Labute approximate surface area is 86.4 Å². The van der Waals surface area contributed by atoms with Gasteiger partial charge < -0.3 is 5.73 Å². The zero-order valence-corrected chi connectivity index (χ0v) is 7.99. The summed E-state index contributed by atoms with van der Waals surface area (Å²) in [4.78, 5) is 37.1. The van der Waals surface area contributed by atoms with Crippen molar-refractivity contribution in [1.82, 2.24) is 5.48 Å². The molecule has 1 fully saturated rings. The van der Waals surface area contributed by atoms with Crippen LogP contribution in [-0.4, -0.2) is 30.1 Å². The molecule has 1 radical (unpaired) electrons. The van der Waals surface area contributed by atoms with Gasteiger partial charge in [0.2, 0.25) is 17.5 Å². The standard InChI is InChI=1S/C9H11N2O4/c1-2-3-15-11-5(4-6(10)12)7-8(13)9(7)14/h2,5,11H,1,3-4H2,(H2,10,12). The molecule has 6 heteroatoms. The molecule has 15 heavy (non-hydrogen) atoms.